The number of carbonyl (C=O) groups is 1. The van der Waals surface area contributed by atoms with E-state index in [4.69, 9.17) is 0 Å². The number of nitrogens with one attached hydrogen (secondary N) is 2. The molecular weight excluding hydrogens is 255 g/mol. The Balaban J connectivity index is 1.89. The van der Waals surface area contributed by atoms with E-state index in [0.717, 1.165) is 25.1 Å². The van der Waals surface area contributed by atoms with Gasteiger partial charge in [-0.2, -0.15) is 0 Å². The minimum absolute atomic E-state index is 0.0564. The molecule has 20 heavy (non-hydrogen) atoms. The van der Waals surface area contributed by atoms with Crippen molar-refractivity contribution in [2.24, 2.45) is 0 Å². The Bertz CT molecular complexity index is 655. The maximum absolute atomic E-state index is 13.6. The molecule has 0 bridgehead atoms. The first-order valence-electron chi connectivity index (χ1n) is 6.67. The number of fused-ring (bicyclic) bond motifs is 1. The Kier molecular flexibility index (Phi) is 3.37. The summed E-state index contributed by atoms with van der Waals surface area (Å²) in [6.07, 6.45) is 2.07. The van der Waals surface area contributed by atoms with Crippen LogP contribution in [0, 0.1) is 5.82 Å². The van der Waals surface area contributed by atoms with E-state index in [9.17, 15) is 9.18 Å². The second kappa shape index (κ2) is 5.33. The van der Waals surface area contributed by atoms with Gasteiger partial charge in [-0.3, -0.25) is 4.79 Å². The molecule has 0 saturated heterocycles. The molecule has 0 fully saturated rings. The second-order valence-electron chi connectivity index (χ2n) is 4.80. The topological polar surface area (TPSA) is 41.1 Å². The third-order valence-corrected chi connectivity index (χ3v) is 3.44. The van der Waals surface area contributed by atoms with Gasteiger partial charge >= 0.3 is 0 Å². The molecule has 0 atom stereocenters. The summed E-state index contributed by atoms with van der Waals surface area (Å²) in [6, 6.07) is 11.8. The van der Waals surface area contributed by atoms with Gasteiger partial charge in [-0.15, -0.1) is 0 Å². The highest BCUT2D eigenvalue weighted by Gasteiger charge is 2.16. The van der Waals surface area contributed by atoms with Gasteiger partial charge in [-0.05, 0) is 36.6 Å². The zero-order chi connectivity index (χ0) is 13.9. The first kappa shape index (κ1) is 12.7. The average molecular weight is 270 g/mol. The fourth-order valence-corrected chi connectivity index (χ4v) is 2.45. The molecular formula is C16H15FN2O. The van der Waals surface area contributed by atoms with Crippen molar-refractivity contribution < 1.29 is 9.18 Å². The summed E-state index contributed by atoms with van der Waals surface area (Å²) in [5.74, 6) is -0.938. The summed E-state index contributed by atoms with van der Waals surface area (Å²) in [5.41, 5.74) is 2.89. The van der Waals surface area contributed by atoms with E-state index < -0.39 is 11.7 Å². The molecule has 102 valence electrons. The highest BCUT2D eigenvalue weighted by molar-refractivity contribution is 6.06. The van der Waals surface area contributed by atoms with E-state index >= 15 is 0 Å². The SMILES string of the molecule is O=C(Nc1cccc2c1NCCC2)c1ccccc1F. The molecule has 3 nitrogen and oxygen atoms in total. The number of aryl methyl sites for hydroxylation is 1. The molecule has 0 aliphatic carbocycles. The highest BCUT2D eigenvalue weighted by atomic mass is 19.1. The molecule has 2 aromatic rings. The van der Waals surface area contributed by atoms with Gasteiger partial charge in [0.15, 0.2) is 0 Å². The molecule has 3 rings (SSSR count). The van der Waals surface area contributed by atoms with Crippen LogP contribution in [0.25, 0.3) is 0 Å². The molecule has 0 saturated carbocycles. The van der Waals surface area contributed by atoms with Gasteiger partial charge in [-0.1, -0.05) is 24.3 Å². The minimum Gasteiger partial charge on any atom is -0.383 e. The lowest BCUT2D eigenvalue weighted by atomic mass is 10.0. The van der Waals surface area contributed by atoms with Gasteiger partial charge in [0.1, 0.15) is 5.82 Å². The summed E-state index contributed by atoms with van der Waals surface area (Å²) in [4.78, 5) is 12.1. The van der Waals surface area contributed by atoms with Crippen molar-refractivity contribution >= 4 is 17.3 Å². The summed E-state index contributed by atoms with van der Waals surface area (Å²) >= 11 is 0. The van der Waals surface area contributed by atoms with Gasteiger partial charge in [0, 0.05) is 6.54 Å². The Morgan fingerprint density at radius 2 is 2.00 bits per heavy atom. The molecule has 4 heteroatoms. The lowest BCUT2D eigenvalue weighted by molar-refractivity contribution is 0.102. The van der Waals surface area contributed by atoms with Gasteiger partial charge in [0.2, 0.25) is 0 Å². The maximum atomic E-state index is 13.6. The van der Waals surface area contributed by atoms with Crippen molar-refractivity contribution in [2.45, 2.75) is 12.8 Å². The van der Waals surface area contributed by atoms with Crippen LogP contribution in [0.2, 0.25) is 0 Å². The number of carbonyl (C=O) groups excluding carboxylic acids is 1. The van der Waals surface area contributed by atoms with Crippen molar-refractivity contribution in [2.75, 3.05) is 17.2 Å². The molecule has 2 N–H and O–H groups in total. The number of amides is 1. The van der Waals surface area contributed by atoms with Crippen LogP contribution in [0.5, 0.6) is 0 Å². The largest absolute Gasteiger partial charge is 0.383 e. The van der Waals surface area contributed by atoms with E-state index in [2.05, 4.69) is 10.6 Å². The molecule has 1 heterocycles. The number of hydrogen-bond donors (Lipinski definition) is 2. The van der Waals surface area contributed by atoms with Gasteiger partial charge < -0.3 is 10.6 Å². The number of rotatable bonds is 2. The Hall–Kier alpha value is -2.36. The minimum atomic E-state index is -0.511. The average Bonchev–Trinajstić information content (AvgIpc) is 2.48. The Labute approximate surface area is 116 Å². The molecule has 1 amide bonds. The zero-order valence-electron chi connectivity index (χ0n) is 10.9. The number of anilines is 2. The number of para-hydroxylation sites is 1. The molecule has 1 aliphatic heterocycles. The van der Waals surface area contributed by atoms with Gasteiger partial charge in [-0.25, -0.2) is 4.39 Å². The normalized spacial score (nSPS) is 13.2. The number of hydrogen-bond acceptors (Lipinski definition) is 2. The first-order valence-corrected chi connectivity index (χ1v) is 6.67. The summed E-state index contributed by atoms with van der Waals surface area (Å²) < 4.78 is 13.6. The van der Waals surface area contributed by atoms with E-state index in [0.29, 0.717) is 5.69 Å². The van der Waals surface area contributed by atoms with Crippen LogP contribution in [0.3, 0.4) is 0 Å². The van der Waals surface area contributed by atoms with Crippen LogP contribution in [-0.2, 0) is 6.42 Å². The molecule has 2 aromatic carbocycles. The standard InChI is InChI=1S/C16H15FN2O/c17-13-8-2-1-7-12(13)16(20)19-14-9-3-5-11-6-4-10-18-15(11)14/h1-3,5,7-9,18H,4,6,10H2,(H,19,20). The molecule has 0 spiro atoms. The zero-order valence-corrected chi connectivity index (χ0v) is 10.9. The van der Waals surface area contributed by atoms with E-state index in [-0.39, 0.29) is 5.56 Å². The third-order valence-electron chi connectivity index (χ3n) is 3.44. The fraction of sp³-hybridized carbons (Fsp3) is 0.188. The summed E-state index contributed by atoms with van der Waals surface area (Å²) in [5, 5.41) is 6.08. The van der Waals surface area contributed by atoms with E-state index in [1.807, 2.05) is 18.2 Å². The lowest BCUT2D eigenvalue weighted by Gasteiger charge is -2.21. The highest BCUT2D eigenvalue weighted by Crippen LogP contribution is 2.30. The second-order valence-corrected chi connectivity index (χ2v) is 4.80. The van der Waals surface area contributed by atoms with Crippen LogP contribution >= 0.6 is 0 Å². The van der Waals surface area contributed by atoms with Crippen LogP contribution in [0.1, 0.15) is 22.3 Å². The van der Waals surface area contributed by atoms with Gasteiger partial charge in [0.05, 0.1) is 16.9 Å². The molecule has 1 aliphatic rings. The third kappa shape index (κ3) is 2.37. The smallest absolute Gasteiger partial charge is 0.258 e. The Morgan fingerprint density at radius 1 is 1.15 bits per heavy atom. The first-order chi connectivity index (χ1) is 9.75. The Morgan fingerprint density at radius 3 is 2.85 bits per heavy atom. The van der Waals surface area contributed by atoms with Crippen molar-refractivity contribution in [3.05, 3.63) is 59.4 Å². The maximum Gasteiger partial charge on any atom is 0.258 e. The monoisotopic (exact) mass is 270 g/mol. The lowest BCUT2D eigenvalue weighted by Crippen LogP contribution is -2.18. The van der Waals surface area contributed by atoms with Crippen molar-refractivity contribution in [3.8, 4) is 0 Å². The van der Waals surface area contributed by atoms with Crippen molar-refractivity contribution in [3.63, 3.8) is 0 Å². The van der Waals surface area contributed by atoms with Crippen LogP contribution in [-0.4, -0.2) is 12.5 Å². The fourth-order valence-electron chi connectivity index (χ4n) is 2.45. The molecule has 0 unspecified atom stereocenters. The predicted molar refractivity (Wildman–Crippen MR) is 77.6 cm³/mol. The molecule has 0 aromatic heterocycles. The van der Waals surface area contributed by atoms with Crippen LogP contribution in [0.4, 0.5) is 15.8 Å². The van der Waals surface area contributed by atoms with Gasteiger partial charge in [0.25, 0.3) is 5.91 Å². The number of halogens is 1. The quantitative estimate of drug-likeness (QED) is 0.877. The van der Waals surface area contributed by atoms with Crippen LogP contribution in [0.15, 0.2) is 42.5 Å². The molecule has 0 radical (unpaired) electrons. The van der Waals surface area contributed by atoms with Crippen LogP contribution < -0.4 is 10.6 Å². The van der Waals surface area contributed by atoms with E-state index in [1.165, 1.54) is 17.7 Å². The van der Waals surface area contributed by atoms with Crippen molar-refractivity contribution in [1.82, 2.24) is 0 Å². The van der Waals surface area contributed by atoms with Crippen molar-refractivity contribution in [1.29, 1.82) is 0 Å². The summed E-state index contributed by atoms with van der Waals surface area (Å²) in [7, 11) is 0. The number of benzene rings is 2. The summed E-state index contributed by atoms with van der Waals surface area (Å²) in [6.45, 7) is 0.888. The van der Waals surface area contributed by atoms with E-state index in [1.54, 1.807) is 12.1 Å². The predicted octanol–water partition coefficient (Wildman–Crippen LogP) is 3.44.